The van der Waals surface area contributed by atoms with E-state index in [1.807, 2.05) is 6.92 Å². The van der Waals surface area contributed by atoms with Gasteiger partial charge in [0.15, 0.2) is 0 Å². The van der Waals surface area contributed by atoms with Crippen LogP contribution in [-0.4, -0.2) is 30.6 Å². The number of allylic oxidation sites excluding steroid dienone is 1. The summed E-state index contributed by atoms with van der Waals surface area (Å²) in [7, 11) is 0. The van der Waals surface area contributed by atoms with Gasteiger partial charge in [0.05, 0.1) is 17.9 Å². The third-order valence-corrected chi connectivity index (χ3v) is 9.69. The van der Waals surface area contributed by atoms with Gasteiger partial charge in [-0.15, -0.1) is 0 Å². The quantitative estimate of drug-likeness (QED) is 0.263. The van der Waals surface area contributed by atoms with Gasteiger partial charge >= 0.3 is 6.18 Å². The SMILES string of the molecule is C=C(C[C@@H]1CC[C@@H](N(CCC2CCCCC2)CC2CCCCC2)[C@H](c2ccc(C(F)(F)F)cc2)C1)OCC. The Bertz CT molecular complexity index is 839. The fraction of sp³-hybridized carbons (Fsp3) is 0.758. The molecule has 0 aliphatic heterocycles. The number of nitrogens with zero attached hydrogens (tertiary/aromatic N) is 1. The standard InChI is InChI=1S/C33H50F3NO/c1-3-38-25(2)22-28-14-19-32(31(23-28)29-15-17-30(18-16-29)33(34,35)36)37(24-27-12-8-5-9-13-27)21-20-26-10-6-4-7-11-26/h15-18,26-28,31-32H,2-14,19-24H2,1H3/t28-,31-,32+/m0/s1. The summed E-state index contributed by atoms with van der Waals surface area (Å²) in [5.74, 6) is 3.16. The molecule has 5 heteroatoms. The molecule has 0 unspecified atom stereocenters. The van der Waals surface area contributed by atoms with Crippen LogP contribution in [0.1, 0.15) is 120 Å². The molecule has 1 aromatic rings. The number of halogens is 3. The van der Waals surface area contributed by atoms with Crippen LogP contribution in [0, 0.1) is 17.8 Å². The minimum atomic E-state index is -4.30. The molecule has 0 N–H and O–H groups in total. The highest BCUT2D eigenvalue weighted by Gasteiger charge is 2.37. The summed E-state index contributed by atoms with van der Waals surface area (Å²) in [5.41, 5.74) is 0.521. The number of hydrogen-bond donors (Lipinski definition) is 0. The lowest BCUT2D eigenvalue weighted by Gasteiger charge is -2.45. The summed E-state index contributed by atoms with van der Waals surface area (Å²) >= 11 is 0. The van der Waals surface area contributed by atoms with E-state index >= 15 is 0 Å². The minimum Gasteiger partial charge on any atom is -0.499 e. The molecule has 2 nitrogen and oxygen atoms in total. The smallest absolute Gasteiger partial charge is 0.416 e. The summed E-state index contributed by atoms with van der Waals surface area (Å²) < 4.78 is 45.7. The van der Waals surface area contributed by atoms with Gasteiger partial charge in [0.2, 0.25) is 0 Å². The molecule has 0 radical (unpaired) electrons. The van der Waals surface area contributed by atoms with Crippen LogP contribution >= 0.6 is 0 Å². The average molecular weight is 534 g/mol. The molecule has 3 atom stereocenters. The van der Waals surface area contributed by atoms with Gasteiger partial charge in [-0.3, -0.25) is 4.90 Å². The van der Waals surface area contributed by atoms with Crippen LogP contribution in [-0.2, 0) is 10.9 Å². The van der Waals surface area contributed by atoms with Crippen molar-refractivity contribution in [1.82, 2.24) is 4.90 Å². The van der Waals surface area contributed by atoms with Crippen LogP contribution in [0.2, 0.25) is 0 Å². The highest BCUT2D eigenvalue weighted by Crippen LogP contribution is 2.43. The Hall–Kier alpha value is -1.49. The monoisotopic (exact) mass is 533 g/mol. The maximum Gasteiger partial charge on any atom is 0.416 e. The molecule has 0 aromatic heterocycles. The summed E-state index contributed by atoms with van der Waals surface area (Å²) in [6, 6.07) is 6.51. The van der Waals surface area contributed by atoms with Gasteiger partial charge in [-0.25, -0.2) is 0 Å². The zero-order chi connectivity index (χ0) is 27.0. The molecule has 3 fully saturated rings. The summed E-state index contributed by atoms with van der Waals surface area (Å²) in [4.78, 5) is 2.81. The van der Waals surface area contributed by atoms with Crippen molar-refractivity contribution in [2.75, 3.05) is 19.7 Å². The van der Waals surface area contributed by atoms with Gasteiger partial charge in [-0.1, -0.05) is 70.1 Å². The van der Waals surface area contributed by atoms with Crippen LogP contribution in [0.4, 0.5) is 13.2 Å². The largest absolute Gasteiger partial charge is 0.499 e. The second-order valence-electron chi connectivity index (χ2n) is 12.4. The van der Waals surface area contributed by atoms with Crippen molar-refractivity contribution in [3.8, 4) is 0 Å². The summed E-state index contributed by atoms with van der Waals surface area (Å²) in [5, 5.41) is 0. The average Bonchev–Trinajstić information content (AvgIpc) is 2.92. The highest BCUT2D eigenvalue weighted by atomic mass is 19.4. The van der Waals surface area contributed by atoms with Gasteiger partial charge in [-0.2, -0.15) is 13.2 Å². The molecule has 0 heterocycles. The van der Waals surface area contributed by atoms with Gasteiger partial charge in [0.25, 0.3) is 0 Å². The predicted octanol–water partition coefficient (Wildman–Crippen LogP) is 9.75. The van der Waals surface area contributed by atoms with Crippen LogP contribution in [0.5, 0.6) is 0 Å². The van der Waals surface area contributed by atoms with Gasteiger partial charge in [0, 0.05) is 19.0 Å². The van der Waals surface area contributed by atoms with Gasteiger partial charge in [0.1, 0.15) is 0 Å². The van der Waals surface area contributed by atoms with Crippen LogP contribution < -0.4 is 0 Å². The first-order valence-electron chi connectivity index (χ1n) is 15.5. The Morgan fingerprint density at radius 1 is 0.868 bits per heavy atom. The molecule has 1 aromatic carbocycles. The van der Waals surface area contributed by atoms with E-state index in [2.05, 4.69) is 11.5 Å². The second-order valence-corrected chi connectivity index (χ2v) is 12.4. The zero-order valence-corrected chi connectivity index (χ0v) is 23.6. The van der Waals surface area contributed by atoms with Gasteiger partial charge < -0.3 is 4.74 Å². The lowest BCUT2D eigenvalue weighted by Crippen LogP contribution is -2.46. The molecule has 3 saturated carbocycles. The number of benzene rings is 1. The molecule has 3 aliphatic carbocycles. The molecule has 0 amide bonds. The van der Waals surface area contributed by atoms with Crippen LogP contribution in [0.25, 0.3) is 0 Å². The molecule has 214 valence electrons. The van der Waals surface area contributed by atoms with E-state index in [0.717, 1.165) is 61.9 Å². The molecule has 38 heavy (non-hydrogen) atoms. The first kappa shape index (κ1) is 29.5. The van der Waals surface area contributed by atoms with E-state index in [1.165, 1.54) is 82.8 Å². The molecule has 3 aliphatic rings. The van der Waals surface area contributed by atoms with E-state index in [9.17, 15) is 13.2 Å². The second kappa shape index (κ2) is 14.2. The predicted molar refractivity (Wildman–Crippen MR) is 150 cm³/mol. The van der Waals surface area contributed by atoms with Crippen molar-refractivity contribution < 1.29 is 17.9 Å². The lowest BCUT2D eigenvalue weighted by molar-refractivity contribution is -0.137. The topological polar surface area (TPSA) is 12.5 Å². The van der Waals surface area contributed by atoms with Crippen molar-refractivity contribution in [1.29, 1.82) is 0 Å². The first-order valence-corrected chi connectivity index (χ1v) is 15.5. The zero-order valence-electron chi connectivity index (χ0n) is 23.6. The van der Waals surface area contributed by atoms with Crippen molar-refractivity contribution in [3.63, 3.8) is 0 Å². The van der Waals surface area contributed by atoms with Crippen molar-refractivity contribution in [2.45, 2.75) is 121 Å². The maximum absolute atomic E-state index is 13.4. The maximum atomic E-state index is 13.4. The Morgan fingerprint density at radius 2 is 1.50 bits per heavy atom. The number of alkyl halides is 3. The molecule has 0 spiro atoms. The Balaban J connectivity index is 1.55. The number of ether oxygens (including phenoxy) is 1. The number of hydrogen-bond acceptors (Lipinski definition) is 2. The van der Waals surface area contributed by atoms with Crippen LogP contribution in [0.15, 0.2) is 36.6 Å². The Morgan fingerprint density at radius 3 is 2.11 bits per heavy atom. The third kappa shape index (κ3) is 8.50. The van der Waals surface area contributed by atoms with E-state index in [1.54, 1.807) is 12.1 Å². The minimum absolute atomic E-state index is 0.250. The molecular weight excluding hydrogens is 483 g/mol. The Kier molecular flexibility index (Phi) is 11.0. The van der Waals surface area contributed by atoms with Crippen molar-refractivity contribution in [2.24, 2.45) is 17.8 Å². The van der Waals surface area contributed by atoms with Gasteiger partial charge in [-0.05, 0) is 93.4 Å². The third-order valence-electron chi connectivity index (χ3n) is 9.69. The summed E-state index contributed by atoms with van der Waals surface area (Å²) in [6.45, 7) is 9.05. The number of rotatable bonds is 11. The lowest BCUT2D eigenvalue weighted by atomic mass is 9.72. The summed E-state index contributed by atoms with van der Waals surface area (Å²) in [6.07, 6.45) is 14.6. The normalized spacial score (nSPS) is 26.0. The van der Waals surface area contributed by atoms with E-state index < -0.39 is 11.7 Å². The van der Waals surface area contributed by atoms with E-state index in [-0.39, 0.29) is 5.92 Å². The van der Waals surface area contributed by atoms with Crippen molar-refractivity contribution >= 4 is 0 Å². The molecule has 0 saturated heterocycles. The fourth-order valence-corrected chi connectivity index (χ4v) is 7.64. The van der Waals surface area contributed by atoms with E-state index in [4.69, 9.17) is 4.74 Å². The first-order chi connectivity index (χ1) is 18.3. The van der Waals surface area contributed by atoms with Crippen molar-refractivity contribution in [3.05, 3.63) is 47.7 Å². The fourth-order valence-electron chi connectivity index (χ4n) is 7.64. The van der Waals surface area contributed by atoms with E-state index in [0.29, 0.717) is 18.6 Å². The molecular formula is C33H50F3NO. The van der Waals surface area contributed by atoms with Crippen LogP contribution in [0.3, 0.4) is 0 Å². The molecule has 4 rings (SSSR count). The molecule has 0 bridgehead atoms. The highest BCUT2D eigenvalue weighted by molar-refractivity contribution is 5.29. The Labute approximate surface area is 229 Å².